The van der Waals surface area contributed by atoms with Crippen LogP contribution in [0.5, 0.6) is 0 Å². The summed E-state index contributed by atoms with van der Waals surface area (Å²) < 4.78 is 10.2. The van der Waals surface area contributed by atoms with E-state index in [0.29, 0.717) is 6.61 Å². The number of hydrogen-bond acceptors (Lipinski definition) is 3. The minimum Gasteiger partial charge on any atom is -0.467 e. The number of esters is 1. The fraction of sp³-hybridized carbons (Fsp3) is 0.941. The average molecular weight is 284 g/mol. The molecule has 1 saturated heterocycles. The summed E-state index contributed by atoms with van der Waals surface area (Å²) >= 11 is 0. The smallest absolute Gasteiger partial charge is 0.340 e. The van der Waals surface area contributed by atoms with Crippen molar-refractivity contribution in [2.75, 3.05) is 13.7 Å². The minimum atomic E-state index is -0.602. The highest BCUT2D eigenvalue weighted by molar-refractivity contribution is 5.82. The third kappa shape index (κ3) is 5.43. The van der Waals surface area contributed by atoms with Crippen LogP contribution in [-0.2, 0) is 14.3 Å². The first-order chi connectivity index (χ1) is 9.67. The van der Waals surface area contributed by atoms with Gasteiger partial charge in [-0.05, 0) is 12.3 Å². The van der Waals surface area contributed by atoms with E-state index in [-0.39, 0.29) is 11.9 Å². The monoisotopic (exact) mass is 284 g/mol. The Hall–Kier alpha value is -0.570. The van der Waals surface area contributed by atoms with Gasteiger partial charge < -0.3 is 9.47 Å². The number of rotatable bonds is 12. The lowest BCUT2D eigenvalue weighted by Gasteiger charge is -2.17. The highest BCUT2D eigenvalue weighted by atomic mass is 16.6. The molecule has 1 heterocycles. The predicted molar refractivity (Wildman–Crippen MR) is 81.7 cm³/mol. The third-order valence-electron chi connectivity index (χ3n) is 4.52. The molecule has 0 saturated carbocycles. The van der Waals surface area contributed by atoms with Crippen LogP contribution in [0.2, 0.25) is 0 Å². The zero-order valence-electron chi connectivity index (χ0n) is 13.6. The lowest BCUT2D eigenvalue weighted by molar-refractivity contribution is -0.149. The van der Waals surface area contributed by atoms with E-state index in [2.05, 4.69) is 13.8 Å². The van der Waals surface area contributed by atoms with Gasteiger partial charge in [0, 0.05) is 0 Å². The summed E-state index contributed by atoms with van der Waals surface area (Å²) in [5.41, 5.74) is -0.602. The quantitative estimate of drug-likeness (QED) is 0.301. The molecule has 3 heteroatoms. The Balaban J connectivity index is 1.97. The van der Waals surface area contributed by atoms with Crippen LogP contribution < -0.4 is 0 Å². The number of ether oxygens (including phenoxy) is 2. The van der Waals surface area contributed by atoms with Crippen LogP contribution in [0.15, 0.2) is 0 Å². The molecule has 2 unspecified atom stereocenters. The van der Waals surface area contributed by atoms with Gasteiger partial charge in [0.25, 0.3) is 0 Å². The number of carbonyl (C=O) groups excluding carboxylic acids is 1. The first kappa shape index (κ1) is 17.5. The van der Waals surface area contributed by atoms with Crippen molar-refractivity contribution in [3.63, 3.8) is 0 Å². The molecule has 0 amide bonds. The van der Waals surface area contributed by atoms with E-state index < -0.39 is 5.60 Å². The number of epoxide rings is 1. The molecule has 0 spiro atoms. The molecule has 0 aliphatic carbocycles. The van der Waals surface area contributed by atoms with Crippen LogP contribution >= 0.6 is 0 Å². The minimum absolute atomic E-state index is 0.194. The Bertz CT molecular complexity index is 271. The number of unbranched alkanes of at least 4 members (excludes halogenated alkanes) is 8. The summed E-state index contributed by atoms with van der Waals surface area (Å²) in [7, 11) is 1.44. The van der Waals surface area contributed by atoms with Gasteiger partial charge in [-0.2, -0.15) is 0 Å². The molecule has 0 aromatic heterocycles. The molecule has 1 fully saturated rings. The second-order valence-corrected chi connectivity index (χ2v) is 6.19. The summed E-state index contributed by atoms with van der Waals surface area (Å²) in [5.74, 6) is 0.0837. The Labute approximate surface area is 124 Å². The maximum absolute atomic E-state index is 11.7. The molecule has 1 aliphatic rings. The van der Waals surface area contributed by atoms with Crippen LogP contribution in [0.25, 0.3) is 0 Å². The Morgan fingerprint density at radius 1 is 1.10 bits per heavy atom. The normalized spacial score (nSPS) is 22.6. The molecule has 20 heavy (non-hydrogen) atoms. The van der Waals surface area contributed by atoms with E-state index in [4.69, 9.17) is 9.47 Å². The van der Waals surface area contributed by atoms with Crippen molar-refractivity contribution in [3.8, 4) is 0 Å². The summed E-state index contributed by atoms with van der Waals surface area (Å²) in [6, 6.07) is 0. The van der Waals surface area contributed by atoms with Crippen molar-refractivity contribution in [2.45, 2.75) is 83.7 Å². The summed E-state index contributed by atoms with van der Waals surface area (Å²) in [6.45, 7) is 4.90. The average Bonchev–Trinajstić information content (AvgIpc) is 3.26. The highest BCUT2D eigenvalue weighted by Crippen LogP contribution is 2.39. The van der Waals surface area contributed by atoms with E-state index >= 15 is 0 Å². The van der Waals surface area contributed by atoms with E-state index in [1.165, 1.54) is 64.9 Å². The standard InChI is InChI=1S/C17H32O3/c1-4-5-6-7-8-9-10-11-12-13-15(2)17(14-20-17)16(18)19-3/h15H,4-14H2,1-3H3. The van der Waals surface area contributed by atoms with Gasteiger partial charge in [0.1, 0.15) is 0 Å². The lowest BCUT2D eigenvalue weighted by atomic mass is 9.89. The van der Waals surface area contributed by atoms with Crippen molar-refractivity contribution in [3.05, 3.63) is 0 Å². The molecular weight excluding hydrogens is 252 g/mol. The fourth-order valence-corrected chi connectivity index (χ4v) is 2.85. The zero-order chi connectivity index (χ0) is 14.8. The Morgan fingerprint density at radius 3 is 2.05 bits per heavy atom. The maximum atomic E-state index is 11.7. The van der Waals surface area contributed by atoms with Gasteiger partial charge in [0.05, 0.1) is 13.7 Å². The second-order valence-electron chi connectivity index (χ2n) is 6.19. The summed E-state index contributed by atoms with van der Waals surface area (Å²) in [5, 5.41) is 0. The van der Waals surface area contributed by atoms with Crippen LogP contribution in [0, 0.1) is 5.92 Å². The van der Waals surface area contributed by atoms with Gasteiger partial charge >= 0.3 is 5.97 Å². The molecule has 0 aromatic rings. The number of carbonyl (C=O) groups is 1. The van der Waals surface area contributed by atoms with Crippen molar-refractivity contribution in [1.29, 1.82) is 0 Å². The number of methoxy groups -OCH3 is 1. The summed E-state index contributed by atoms with van der Waals surface area (Å²) in [4.78, 5) is 11.7. The predicted octanol–water partition coefficient (Wildman–Crippen LogP) is 4.49. The molecule has 0 bridgehead atoms. The van der Waals surface area contributed by atoms with Gasteiger partial charge in [-0.1, -0.05) is 71.6 Å². The fourth-order valence-electron chi connectivity index (χ4n) is 2.85. The van der Waals surface area contributed by atoms with Crippen LogP contribution in [0.3, 0.4) is 0 Å². The topological polar surface area (TPSA) is 38.8 Å². The Morgan fingerprint density at radius 2 is 1.60 bits per heavy atom. The molecule has 118 valence electrons. The van der Waals surface area contributed by atoms with E-state index in [9.17, 15) is 4.79 Å². The van der Waals surface area contributed by atoms with Crippen LogP contribution in [0.4, 0.5) is 0 Å². The van der Waals surface area contributed by atoms with Crippen LogP contribution in [-0.4, -0.2) is 25.3 Å². The van der Waals surface area contributed by atoms with Gasteiger partial charge in [-0.15, -0.1) is 0 Å². The first-order valence-corrected chi connectivity index (χ1v) is 8.39. The molecular formula is C17H32O3. The third-order valence-corrected chi connectivity index (χ3v) is 4.52. The molecule has 2 atom stereocenters. The van der Waals surface area contributed by atoms with E-state index in [0.717, 1.165) is 6.42 Å². The largest absolute Gasteiger partial charge is 0.467 e. The molecule has 1 aliphatic heterocycles. The zero-order valence-corrected chi connectivity index (χ0v) is 13.6. The first-order valence-electron chi connectivity index (χ1n) is 8.39. The van der Waals surface area contributed by atoms with Crippen LogP contribution in [0.1, 0.15) is 78.1 Å². The maximum Gasteiger partial charge on any atom is 0.340 e. The lowest BCUT2D eigenvalue weighted by Crippen LogP contribution is -2.33. The molecule has 0 radical (unpaired) electrons. The highest BCUT2D eigenvalue weighted by Gasteiger charge is 2.57. The number of hydrogen-bond donors (Lipinski definition) is 0. The molecule has 3 nitrogen and oxygen atoms in total. The van der Waals surface area contributed by atoms with Crippen molar-refractivity contribution in [2.24, 2.45) is 5.92 Å². The Kier molecular flexibility index (Phi) is 8.20. The second kappa shape index (κ2) is 9.38. The molecule has 1 rings (SSSR count). The van der Waals surface area contributed by atoms with Gasteiger partial charge in [-0.25, -0.2) is 4.79 Å². The van der Waals surface area contributed by atoms with Crippen molar-refractivity contribution in [1.82, 2.24) is 0 Å². The van der Waals surface area contributed by atoms with E-state index in [1.807, 2.05) is 0 Å². The molecule has 0 N–H and O–H groups in total. The van der Waals surface area contributed by atoms with Gasteiger partial charge in [-0.3, -0.25) is 0 Å². The van der Waals surface area contributed by atoms with Crippen molar-refractivity contribution >= 4 is 5.97 Å². The van der Waals surface area contributed by atoms with Crippen molar-refractivity contribution < 1.29 is 14.3 Å². The van der Waals surface area contributed by atoms with Gasteiger partial charge in [0.2, 0.25) is 0 Å². The van der Waals surface area contributed by atoms with Gasteiger partial charge in [0.15, 0.2) is 5.60 Å². The SMILES string of the molecule is CCCCCCCCCCCC(C)C1(C(=O)OC)CO1. The summed E-state index contributed by atoms with van der Waals surface area (Å²) in [6.07, 6.45) is 13.1. The van der Waals surface area contributed by atoms with E-state index in [1.54, 1.807) is 0 Å². The molecule has 0 aromatic carbocycles.